The van der Waals surface area contributed by atoms with Gasteiger partial charge in [0.1, 0.15) is 0 Å². The standard InChI is InChI=1S/2C18H26N2O.2C16H23NS/c2*1-17(2,3)10-14-15(16(19)21)12-8-7-11(18(4,5)6)9-13(12)20-14;2*1-15(2,3)10-14-17-12-8-7-11(16(4,5)6)9-13(12)18-14/h2*7-9,20H,10H2,1-6H3,(H2,19,21);2*7-9H,10H2,1-6H3. The van der Waals surface area contributed by atoms with E-state index >= 15 is 0 Å². The van der Waals surface area contributed by atoms with E-state index in [1.54, 1.807) is 0 Å². The van der Waals surface area contributed by atoms with Gasteiger partial charge < -0.3 is 21.4 Å². The Balaban J connectivity index is 0.000000192. The molecule has 2 amide bonds. The third kappa shape index (κ3) is 17.8. The van der Waals surface area contributed by atoms with Crippen LogP contribution in [0.15, 0.2) is 72.8 Å². The molecule has 424 valence electrons. The van der Waals surface area contributed by atoms with Crippen molar-refractivity contribution in [3.05, 3.63) is 128 Å². The van der Waals surface area contributed by atoms with E-state index < -0.39 is 0 Å². The maximum Gasteiger partial charge on any atom is 0.251 e. The number of hydrogen-bond donors (Lipinski definition) is 4. The molecule has 4 aromatic carbocycles. The summed E-state index contributed by atoms with van der Waals surface area (Å²) in [6, 6.07) is 25.8. The van der Waals surface area contributed by atoms with Crippen molar-refractivity contribution in [2.45, 2.75) is 214 Å². The Bertz CT molecular complexity index is 3150. The molecular weight excluding hydrogens is 997 g/mol. The van der Waals surface area contributed by atoms with Crippen molar-refractivity contribution in [3.63, 3.8) is 0 Å². The van der Waals surface area contributed by atoms with Crippen LogP contribution < -0.4 is 11.5 Å². The second-order valence-electron chi connectivity index (χ2n) is 30.7. The third-order valence-electron chi connectivity index (χ3n) is 13.4. The van der Waals surface area contributed by atoms with Crippen LogP contribution in [0.1, 0.15) is 231 Å². The highest BCUT2D eigenvalue weighted by Crippen LogP contribution is 2.36. The Kier molecular flexibility index (Phi) is 18.8. The average molecular weight is 1100 g/mol. The topological polar surface area (TPSA) is 144 Å². The lowest BCUT2D eigenvalue weighted by molar-refractivity contribution is 0.0992. The molecular formula is C68H98N6O2S2. The molecule has 4 aromatic heterocycles. The van der Waals surface area contributed by atoms with Gasteiger partial charge in [-0.25, -0.2) is 9.97 Å². The summed E-state index contributed by atoms with van der Waals surface area (Å²) < 4.78 is 2.64. The number of fused-ring (bicyclic) bond motifs is 4. The molecule has 0 spiro atoms. The number of carbonyl (C=O) groups is 2. The SMILES string of the molecule is CC(C)(C)Cc1[nH]c2cc(C(C)(C)C)ccc2c1C(N)=O.CC(C)(C)Cc1[nH]c2cc(C(C)(C)C)ccc2c1C(N)=O.CC(C)(C)Cc1nc2ccc(C(C)(C)C)cc2s1.CC(C)(C)Cc1nc2ccc(C(C)(C)C)cc2s1. The average Bonchev–Trinajstić information content (AvgIpc) is 4.00. The van der Waals surface area contributed by atoms with Gasteiger partial charge in [0, 0.05) is 46.0 Å². The number of nitrogens with one attached hydrogen (secondary N) is 2. The first-order valence-corrected chi connectivity index (χ1v) is 29.6. The van der Waals surface area contributed by atoms with Crippen LogP contribution in [-0.2, 0) is 47.3 Å². The molecule has 0 aliphatic carbocycles. The number of nitrogens with two attached hydrogens (primary N) is 2. The van der Waals surface area contributed by atoms with Crippen LogP contribution in [0.4, 0.5) is 0 Å². The number of carbonyl (C=O) groups excluding carboxylic acids is 2. The highest BCUT2D eigenvalue weighted by molar-refractivity contribution is 7.18. The summed E-state index contributed by atoms with van der Waals surface area (Å²) in [6.45, 7) is 53.1. The zero-order chi connectivity index (χ0) is 59.1. The largest absolute Gasteiger partial charge is 0.366 e. The van der Waals surface area contributed by atoms with Crippen LogP contribution in [0.5, 0.6) is 0 Å². The number of nitrogens with zero attached hydrogens (tertiary/aromatic N) is 2. The first kappa shape index (κ1) is 63.5. The predicted molar refractivity (Wildman–Crippen MR) is 340 cm³/mol. The van der Waals surface area contributed by atoms with Gasteiger partial charge in [0.05, 0.1) is 41.6 Å². The Labute approximate surface area is 477 Å². The van der Waals surface area contributed by atoms with Gasteiger partial charge in [-0.2, -0.15) is 0 Å². The summed E-state index contributed by atoms with van der Waals surface area (Å²) in [5.41, 5.74) is 25.3. The van der Waals surface area contributed by atoms with Gasteiger partial charge in [-0.05, 0) is 115 Å². The van der Waals surface area contributed by atoms with Gasteiger partial charge in [-0.3, -0.25) is 9.59 Å². The fourth-order valence-corrected chi connectivity index (χ4v) is 11.9. The van der Waals surface area contributed by atoms with Crippen molar-refractivity contribution >= 4 is 76.7 Å². The van der Waals surface area contributed by atoms with Gasteiger partial charge in [-0.1, -0.05) is 203 Å². The predicted octanol–water partition coefficient (Wildman–Crippen LogP) is 18.7. The zero-order valence-electron chi connectivity index (χ0n) is 52.4. The van der Waals surface area contributed by atoms with Crippen molar-refractivity contribution in [2.75, 3.05) is 0 Å². The minimum absolute atomic E-state index is 0.0797. The molecule has 4 heterocycles. The number of thiazole rings is 2. The van der Waals surface area contributed by atoms with Gasteiger partial charge in [0.15, 0.2) is 0 Å². The molecule has 0 atom stereocenters. The number of aromatic amines is 2. The van der Waals surface area contributed by atoms with E-state index in [9.17, 15) is 9.59 Å². The molecule has 0 saturated heterocycles. The molecule has 0 bridgehead atoms. The fourth-order valence-electron chi connectivity index (χ4n) is 9.26. The van der Waals surface area contributed by atoms with Gasteiger partial charge >= 0.3 is 0 Å². The van der Waals surface area contributed by atoms with Crippen LogP contribution in [-0.4, -0.2) is 31.8 Å². The highest BCUT2D eigenvalue weighted by Gasteiger charge is 2.26. The molecule has 0 aliphatic heterocycles. The third-order valence-corrected chi connectivity index (χ3v) is 15.4. The Morgan fingerprint density at radius 3 is 0.923 bits per heavy atom. The highest BCUT2D eigenvalue weighted by atomic mass is 32.1. The fraction of sp³-hybridized carbons (Fsp3) is 0.529. The van der Waals surface area contributed by atoms with E-state index in [2.05, 4.69) is 237 Å². The summed E-state index contributed by atoms with van der Waals surface area (Å²) in [7, 11) is 0. The molecule has 0 unspecified atom stereocenters. The molecule has 0 fully saturated rings. The lowest BCUT2D eigenvalue weighted by atomic mass is 9.86. The van der Waals surface area contributed by atoms with Gasteiger partial charge in [0.25, 0.3) is 11.8 Å². The molecule has 78 heavy (non-hydrogen) atoms. The van der Waals surface area contributed by atoms with Crippen molar-refractivity contribution in [1.29, 1.82) is 0 Å². The van der Waals surface area contributed by atoms with E-state index in [0.29, 0.717) is 22.0 Å². The molecule has 10 heteroatoms. The van der Waals surface area contributed by atoms with Crippen LogP contribution in [0, 0.1) is 21.7 Å². The Hall–Kier alpha value is -5.32. The molecule has 8 nitrogen and oxygen atoms in total. The van der Waals surface area contributed by atoms with Crippen molar-refractivity contribution < 1.29 is 9.59 Å². The smallest absolute Gasteiger partial charge is 0.251 e. The summed E-state index contributed by atoms with van der Waals surface area (Å²) in [5.74, 6) is -0.715. The molecule has 0 saturated carbocycles. The molecule has 6 N–H and O–H groups in total. The van der Waals surface area contributed by atoms with Crippen LogP contribution >= 0.6 is 22.7 Å². The van der Waals surface area contributed by atoms with Crippen LogP contribution in [0.2, 0.25) is 0 Å². The summed E-state index contributed by atoms with van der Waals surface area (Å²) in [4.78, 5) is 40.0. The maximum atomic E-state index is 11.9. The summed E-state index contributed by atoms with van der Waals surface area (Å²) in [5, 5.41) is 4.36. The van der Waals surface area contributed by atoms with Crippen molar-refractivity contribution in [2.24, 2.45) is 33.1 Å². The number of H-pyrrole nitrogens is 2. The number of benzene rings is 4. The van der Waals surface area contributed by atoms with E-state index in [1.165, 1.54) is 41.7 Å². The molecule has 8 aromatic rings. The lowest BCUT2D eigenvalue weighted by Crippen LogP contribution is -2.17. The lowest BCUT2D eigenvalue weighted by Gasteiger charge is -2.18. The molecule has 0 radical (unpaired) electrons. The Morgan fingerprint density at radius 2 is 0.667 bits per heavy atom. The van der Waals surface area contributed by atoms with E-state index in [4.69, 9.17) is 21.4 Å². The minimum Gasteiger partial charge on any atom is -0.366 e. The van der Waals surface area contributed by atoms with Crippen molar-refractivity contribution in [1.82, 2.24) is 19.9 Å². The Morgan fingerprint density at radius 1 is 0.397 bits per heavy atom. The number of aromatic nitrogens is 4. The van der Waals surface area contributed by atoms with E-state index in [1.807, 2.05) is 34.8 Å². The second kappa shape index (κ2) is 23.0. The number of amides is 2. The second-order valence-corrected chi connectivity index (χ2v) is 33.0. The first-order valence-electron chi connectivity index (χ1n) is 28.0. The van der Waals surface area contributed by atoms with Gasteiger partial charge in [-0.15, -0.1) is 22.7 Å². The molecule has 0 aliphatic rings. The minimum atomic E-state index is -0.357. The summed E-state index contributed by atoms with van der Waals surface area (Å²) in [6.07, 6.45) is 3.70. The molecule has 8 rings (SSSR count). The number of hydrogen-bond acceptors (Lipinski definition) is 6. The van der Waals surface area contributed by atoms with Crippen LogP contribution in [0.25, 0.3) is 42.2 Å². The van der Waals surface area contributed by atoms with Gasteiger partial charge in [0.2, 0.25) is 0 Å². The summed E-state index contributed by atoms with van der Waals surface area (Å²) >= 11 is 3.69. The monoisotopic (exact) mass is 1090 g/mol. The zero-order valence-corrected chi connectivity index (χ0v) is 54.1. The van der Waals surface area contributed by atoms with E-state index in [0.717, 1.165) is 69.9 Å². The normalized spacial score (nSPS) is 13.0. The first-order chi connectivity index (χ1) is 35.3. The number of rotatable bonds is 6. The number of primary amides is 2. The van der Waals surface area contributed by atoms with Crippen molar-refractivity contribution in [3.8, 4) is 0 Å². The quantitative estimate of drug-likeness (QED) is 0.131. The van der Waals surface area contributed by atoms with Crippen LogP contribution in [0.3, 0.4) is 0 Å². The van der Waals surface area contributed by atoms with E-state index in [-0.39, 0.29) is 44.3 Å². The maximum absolute atomic E-state index is 11.9.